The Balaban J connectivity index is 3.20. The highest BCUT2D eigenvalue weighted by molar-refractivity contribution is 6.42. The lowest BCUT2D eigenvalue weighted by Gasteiger charge is -2.06. The first-order valence-corrected chi connectivity index (χ1v) is 5.01. The molecular formula is C7H10O2Si. The van der Waals surface area contributed by atoms with Crippen LogP contribution in [0, 0.1) is 24.7 Å². The van der Waals surface area contributed by atoms with E-state index >= 15 is 0 Å². The van der Waals surface area contributed by atoms with E-state index in [0.29, 0.717) is 13.2 Å². The number of hydrogen-bond donors (Lipinski definition) is 0. The summed E-state index contributed by atoms with van der Waals surface area (Å²) in [5.41, 5.74) is 0. The minimum absolute atomic E-state index is 0.317. The van der Waals surface area contributed by atoms with Crippen LogP contribution in [0.25, 0.3) is 0 Å². The van der Waals surface area contributed by atoms with Crippen LogP contribution < -0.4 is 0 Å². The van der Waals surface area contributed by atoms with Gasteiger partial charge in [0.2, 0.25) is 0 Å². The highest BCUT2D eigenvalue weighted by Crippen LogP contribution is 1.86. The van der Waals surface area contributed by atoms with Crippen LogP contribution in [0.1, 0.15) is 0 Å². The van der Waals surface area contributed by atoms with Crippen LogP contribution >= 0.6 is 0 Å². The van der Waals surface area contributed by atoms with Gasteiger partial charge < -0.3 is 8.85 Å². The molecule has 0 atom stereocenters. The fourth-order valence-corrected chi connectivity index (χ4v) is 1.14. The van der Waals surface area contributed by atoms with Crippen molar-refractivity contribution in [1.82, 2.24) is 0 Å². The van der Waals surface area contributed by atoms with Crippen molar-refractivity contribution in [3.8, 4) is 24.7 Å². The van der Waals surface area contributed by atoms with Crippen molar-refractivity contribution in [2.24, 2.45) is 0 Å². The van der Waals surface area contributed by atoms with E-state index in [1.165, 1.54) is 0 Å². The molecule has 0 bridgehead atoms. The molecule has 0 spiro atoms. The summed E-state index contributed by atoms with van der Waals surface area (Å²) in [6, 6.07) is 0. The van der Waals surface area contributed by atoms with Gasteiger partial charge in [-0.25, -0.2) is 0 Å². The molecule has 0 amide bonds. The van der Waals surface area contributed by atoms with Gasteiger partial charge in [-0.15, -0.1) is 12.8 Å². The minimum atomic E-state index is -1.52. The Labute approximate surface area is 63.4 Å². The molecule has 0 heterocycles. The standard InChI is InChI=1S/C7H10O2Si/c1-4-6-8-10(3)9-7-5-2/h1-2,10H,6-7H2,3H3. The van der Waals surface area contributed by atoms with Gasteiger partial charge in [0.1, 0.15) is 0 Å². The lowest BCUT2D eigenvalue weighted by atomic mass is 10.8. The van der Waals surface area contributed by atoms with E-state index in [1.807, 2.05) is 6.55 Å². The van der Waals surface area contributed by atoms with Crippen LogP contribution in [0.15, 0.2) is 0 Å². The van der Waals surface area contributed by atoms with Gasteiger partial charge >= 0.3 is 9.28 Å². The van der Waals surface area contributed by atoms with E-state index in [2.05, 4.69) is 11.8 Å². The highest BCUT2D eigenvalue weighted by Gasteiger charge is 2.01. The van der Waals surface area contributed by atoms with Crippen LogP contribution in [-0.4, -0.2) is 22.5 Å². The van der Waals surface area contributed by atoms with Gasteiger partial charge in [0.15, 0.2) is 0 Å². The zero-order valence-electron chi connectivity index (χ0n) is 5.96. The molecule has 0 aliphatic heterocycles. The molecule has 3 heteroatoms. The van der Waals surface area contributed by atoms with E-state index in [4.69, 9.17) is 21.7 Å². The van der Waals surface area contributed by atoms with Gasteiger partial charge in [-0.1, -0.05) is 11.8 Å². The third-order valence-electron chi connectivity index (χ3n) is 0.803. The van der Waals surface area contributed by atoms with E-state index in [-0.39, 0.29) is 0 Å². The molecule has 0 aromatic heterocycles. The summed E-state index contributed by atoms with van der Waals surface area (Å²) < 4.78 is 10.2. The van der Waals surface area contributed by atoms with Gasteiger partial charge in [-0.2, -0.15) is 0 Å². The monoisotopic (exact) mass is 154 g/mol. The van der Waals surface area contributed by atoms with Crippen LogP contribution in [0.3, 0.4) is 0 Å². The zero-order chi connectivity index (χ0) is 7.82. The maximum absolute atomic E-state index is 5.08. The van der Waals surface area contributed by atoms with Crippen molar-refractivity contribution in [3.63, 3.8) is 0 Å². The second kappa shape index (κ2) is 6.38. The SMILES string of the molecule is C#CCO[SiH](C)OCC#C. The van der Waals surface area contributed by atoms with Crippen LogP contribution in [0.4, 0.5) is 0 Å². The zero-order valence-corrected chi connectivity index (χ0v) is 7.12. The average Bonchev–Trinajstić information content (AvgIpc) is 1.97. The van der Waals surface area contributed by atoms with Gasteiger partial charge in [0.25, 0.3) is 0 Å². The molecule has 0 aliphatic carbocycles. The van der Waals surface area contributed by atoms with E-state index < -0.39 is 9.28 Å². The third-order valence-corrected chi connectivity index (χ3v) is 2.07. The second-order valence-corrected chi connectivity index (χ2v) is 3.40. The first kappa shape index (κ1) is 9.26. The van der Waals surface area contributed by atoms with Crippen molar-refractivity contribution in [2.75, 3.05) is 13.2 Å². The van der Waals surface area contributed by atoms with Crippen molar-refractivity contribution in [1.29, 1.82) is 0 Å². The molecular weight excluding hydrogens is 144 g/mol. The predicted molar refractivity (Wildman–Crippen MR) is 42.6 cm³/mol. The lowest BCUT2D eigenvalue weighted by Crippen LogP contribution is -2.18. The topological polar surface area (TPSA) is 18.5 Å². The molecule has 0 radical (unpaired) electrons. The number of hydrogen-bond acceptors (Lipinski definition) is 2. The van der Waals surface area contributed by atoms with Crippen molar-refractivity contribution >= 4 is 9.28 Å². The van der Waals surface area contributed by atoms with E-state index in [0.717, 1.165) is 0 Å². The molecule has 0 saturated heterocycles. The molecule has 0 aromatic carbocycles. The first-order valence-electron chi connectivity index (χ1n) is 2.91. The Morgan fingerprint density at radius 3 is 1.90 bits per heavy atom. The number of terminal acetylenes is 2. The van der Waals surface area contributed by atoms with Crippen molar-refractivity contribution < 1.29 is 8.85 Å². The predicted octanol–water partition coefficient (Wildman–Crippen LogP) is 0.136. The molecule has 0 N–H and O–H groups in total. The normalized spacial score (nSPS) is 8.80. The maximum Gasteiger partial charge on any atom is 0.319 e. The maximum atomic E-state index is 5.08. The fourth-order valence-electron chi connectivity index (χ4n) is 0.379. The first-order chi connectivity index (χ1) is 4.81. The summed E-state index contributed by atoms with van der Waals surface area (Å²) in [5.74, 6) is 4.71. The Bertz CT molecular complexity index is 136. The fraction of sp³-hybridized carbons (Fsp3) is 0.429. The van der Waals surface area contributed by atoms with Gasteiger partial charge in [0, 0.05) is 0 Å². The van der Waals surface area contributed by atoms with Gasteiger partial charge in [-0.3, -0.25) is 0 Å². The van der Waals surface area contributed by atoms with Crippen LogP contribution in [0.2, 0.25) is 6.55 Å². The summed E-state index contributed by atoms with van der Waals surface area (Å²) in [6.07, 6.45) is 9.91. The molecule has 0 rings (SSSR count). The average molecular weight is 154 g/mol. The highest BCUT2D eigenvalue weighted by atomic mass is 28.3. The molecule has 0 unspecified atom stereocenters. The summed E-state index contributed by atoms with van der Waals surface area (Å²) in [4.78, 5) is 0. The summed E-state index contributed by atoms with van der Waals surface area (Å²) in [6.45, 7) is 2.52. The number of rotatable bonds is 4. The minimum Gasteiger partial charge on any atom is -0.385 e. The van der Waals surface area contributed by atoms with Crippen LogP contribution in [-0.2, 0) is 8.85 Å². The van der Waals surface area contributed by atoms with Crippen LogP contribution in [0.5, 0.6) is 0 Å². The molecule has 2 nitrogen and oxygen atoms in total. The Kier molecular flexibility index (Phi) is 5.90. The van der Waals surface area contributed by atoms with E-state index in [1.54, 1.807) is 0 Å². The summed E-state index contributed by atoms with van der Waals surface area (Å²) in [5, 5.41) is 0. The Morgan fingerprint density at radius 2 is 1.60 bits per heavy atom. The second-order valence-electron chi connectivity index (χ2n) is 1.60. The van der Waals surface area contributed by atoms with Gasteiger partial charge in [0.05, 0.1) is 13.2 Å². The van der Waals surface area contributed by atoms with Gasteiger partial charge in [-0.05, 0) is 6.55 Å². The summed E-state index contributed by atoms with van der Waals surface area (Å²) in [7, 11) is -1.52. The molecule has 0 fully saturated rings. The largest absolute Gasteiger partial charge is 0.385 e. The Hall–Kier alpha value is -0.743. The molecule has 54 valence electrons. The third kappa shape index (κ3) is 5.39. The summed E-state index contributed by atoms with van der Waals surface area (Å²) >= 11 is 0. The molecule has 0 saturated carbocycles. The lowest BCUT2D eigenvalue weighted by molar-refractivity contribution is 0.245. The van der Waals surface area contributed by atoms with Crippen molar-refractivity contribution in [3.05, 3.63) is 0 Å². The van der Waals surface area contributed by atoms with E-state index in [9.17, 15) is 0 Å². The smallest absolute Gasteiger partial charge is 0.319 e. The molecule has 0 aliphatic rings. The Morgan fingerprint density at radius 1 is 1.20 bits per heavy atom. The quantitative estimate of drug-likeness (QED) is 0.423. The molecule has 0 aromatic rings. The van der Waals surface area contributed by atoms with Crippen molar-refractivity contribution in [2.45, 2.75) is 6.55 Å². The molecule has 10 heavy (non-hydrogen) atoms.